The van der Waals surface area contributed by atoms with Crippen LogP contribution >= 0.6 is 11.6 Å². The highest BCUT2D eigenvalue weighted by Gasteiger charge is 2.34. The third kappa shape index (κ3) is 4.77. The van der Waals surface area contributed by atoms with Crippen molar-refractivity contribution in [3.63, 3.8) is 0 Å². The van der Waals surface area contributed by atoms with Crippen molar-refractivity contribution in [1.82, 2.24) is 19.6 Å². The quantitative estimate of drug-likeness (QED) is 0.727. The number of likely N-dealkylation sites (tertiary alicyclic amines) is 1. The van der Waals surface area contributed by atoms with Crippen molar-refractivity contribution in [3.05, 3.63) is 51.8 Å². The average Bonchev–Trinajstić information content (AvgIpc) is 3.07. The minimum absolute atomic E-state index is 0.124. The van der Waals surface area contributed by atoms with Crippen LogP contribution in [0.25, 0.3) is 0 Å². The first-order valence-corrected chi connectivity index (χ1v) is 11.3. The summed E-state index contributed by atoms with van der Waals surface area (Å²) in [6, 6.07) is 8.17. The third-order valence-electron chi connectivity index (χ3n) is 6.11. The number of morpholine rings is 1. The average molecular weight is 445 g/mol. The summed E-state index contributed by atoms with van der Waals surface area (Å²) in [7, 11) is 0. The number of amides is 2. The van der Waals surface area contributed by atoms with E-state index in [2.05, 4.69) is 5.10 Å². The van der Waals surface area contributed by atoms with Crippen molar-refractivity contribution in [2.45, 2.75) is 33.2 Å². The van der Waals surface area contributed by atoms with E-state index in [0.717, 1.165) is 18.4 Å². The van der Waals surface area contributed by atoms with E-state index in [0.29, 0.717) is 62.3 Å². The number of hydrogen-bond donors (Lipinski definition) is 0. The highest BCUT2D eigenvalue weighted by Crippen LogP contribution is 2.26. The van der Waals surface area contributed by atoms with Gasteiger partial charge in [-0.1, -0.05) is 41.4 Å². The summed E-state index contributed by atoms with van der Waals surface area (Å²) in [5.74, 6) is -0.187. The lowest BCUT2D eigenvalue weighted by Crippen LogP contribution is -2.49. The zero-order chi connectivity index (χ0) is 22.0. The van der Waals surface area contributed by atoms with Crippen molar-refractivity contribution in [2.75, 3.05) is 39.4 Å². The number of carbonyl (C=O) groups is 2. The zero-order valence-corrected chi connectivity index (χ0v) is 18.9. The summed E-state index contributed by atoms with van der Waals surface area (Å²) in [5.41, 5.74) is 3.31. The lowest BCUT2D eigenvalue weighted by Gasteiger charge is -2.36. The molecular formula is C23H29ClN4O3. The van der Waals surface area contributed by atoms with Crippen molar-refractivity contribution < 1.29 is 14.3 Å². The van der Waals surface area contributed by atoms with Crippen LogP contribution in [0.2, 0.25) is 5.15 Å². The molecule has 0 N–H and O–H groups in total. The van der Waals surface area contributed by atoms with Crippen LogP contribution < -0.4 is 0 Å². The number of ether oxygens (including phenoxy) is 1. The zero-order valence-electron chi connectivity index (χ0n) is 18.1. The van der Waals surface area contributed by atoms with Gasteiger partial charge in [-0.2, -0.15) is 5.10 Å². The number of halogens is 1. The van der Waals surface area contributed by atoms with Crippen LogP contribution in [0.4, 0.5) is 0 Å². The van der Waals surface area contributed by atoms with Gasteiger partial charge in [0.05, 0.1) is 36.9 Å². The number of hydrogen-bond acceptors (Lipinski definition) is 4. The topological polar surface area (TPSA) is 67.7 Å². The standard InChI is InChI=1S/C23H29ClN4O3/c1-16-5-7-18(8-6-16)14-28-21(24)20(17(2)25-28)23(30)27-9-3-4-19(15-27)22(29)26-10-12-31-13-11-26/h5-8,19H,3-4,9-15H2,1-2H3/t19-/m0/s1. The lowest BCUT2D eigenvalue weighted by molar-refractivity contribution is -0.141. The number of piperidine rings is 1. The van der Waals surface area contributed by atoms with E-state index in [4.69, 9.17) is 16.3 Å². The molecule has 0 spiro atoms. The van der Waals surface area contributed by atoms with Gasteiger partial charge < -0.3 is 14.5 Å². The molecule has 0 radical (unpaired) electrons. The Morgan fingerprint density at radius 2 is 1.81 bits per heavy atom. The molecule has 1 aromatic heterocycles. The first kappa shape index (κ1) is 21.8. The maximum Gasteiger partial charge on any atom is 0.258 e. The second kappa shape index (κ2) is 9.40. The number of rotatable bonds is 4. The molecule has 0 bridgehead atoms. The van der Waals surface area contributed by atoms with Crippen molar-refractivity contribution in [1.29, 1.82) is 0 Å². The minimum Gasteiger partial charge on any atom is -0.378 e. The van der Waals surface area contributed by atoms with Gasteiger partial charge in [-0.15, -0.1) is 0 Å². The van der Waals surface area contributed by atoms with Crippen LogP contribution in [0.5, 0.6) is 0 Å². The smallest absolute Gasteiger partial charge is 0.258 e. The lowest BCUT2D eigenvalue weighted by atomic mass is 9.95. The molecule has 166 valence electrons. The molecule has 1 atom stereocenters. The molecule has 7 nitrogen and oxygen atoms in total. The first-order valence-electron chi connectivity index (χ1n) is 10.9. The van der Waals surface area contributed by atoms with Crippen LogP contribution in [0.15, 0.2) is 24.3 Å². The van der Waals surface area contributed by atoms with E-state index in [1.54, 1.807) is 9.58 Å². The van der Waals surface area contributed by atoms with Gasteiger partial charge in [0.2, 0.25) is 5.91 Å². The molecule has 3 heterocycles. The van der Waals surface area contributed by atoms with E-state index >= 15 is 0 Å². The van der Waals surface area contributed by atoms with E-state index in [1.165, 1.54) is 5.56 Å². The Bertz CT molecular complexity index is 950. The number of carbonyl (C=O) groups excluding carboxylic acids is 2. The normalized spacial score (nSPS) is 19.5. The molecule has 2 fully saturated rings. The van der Waals surface area contributed by atoms with Crippen LogP contribution in [0, 0.1) is 19.8 Å². The minimum atomic E-state index is -0.169. The second-order valence-corrected chi connectivity index (χ2v) is 8.78. The molecular weight excluding hydrogens is 416 g/mol. The maximum atomic E-state index is 13.3. The molecule has 2 aliphatic rings. The summed E-state index contributed by atoms with van der Waals surface area (Å²) in [5, 5.41) is 4.87. The predicted molar refractivity (Wildman–Crippen MR) is 118 cm³/mol. The van der Waals surface area contributed by atoms with Crippen molar-refractivity contribution >= 4 is 23.4 Å². The Labute approximate surface area is 187 Å². The van der Waals surface area contributed by atoms with Gasteiger partial charge >= 0.3 is 0 Å². The van der Waals surface area contributed by atoms with Gasteiger partial charge in [0.15, 0.2) is 0 Å². The molecule has 0 unspecified atom stereocenters. The number of aromatic nitrogens is 2. The van der Waals surface area contributed by atoms with E-state index in [-0.39, 0.29) is 17.7 Å². The molecule has 0 aliphatic carbocycles. The Kier molecular flexibility index (Phi) is 6.62. The van der Waals surface area contributed by atoms with E-state index in [9.17, 15) is 9.59 Å². The first-order chi connectivity index (χ1) is 14.9. The molecule has 2 aromatic rings. The monoisotopic (exact) mass is 444 g/mol. The molecule has 8 heteroatoms. The molecule has 4 rings (SSSR count). The summed E-state index contributed by atoms with van der Waals surface area (Å²) in [6.07, 6.45) is 1.61. The SMILES string of the molecule is Cc1ccc(Cn2nc(C)c(C(=O)N3CCC[C@H](C(=O)N4CCOCC4)C3)c2Cl)cc1. The molecule has 0 saturated carbocycles. The van der Waals surface area contributed by atoms with Gasteiger partial charge in [0.1, 0.15) is 5.15 Å². The third-order valence-corrected chi connectivity index (χ3v) is 6.50. The Hall–Kier alpha value is -2.38. The Balaban J connectivity index is 1.47. The predicted octanol–water partition coefficient (Wildman–Crippen LogP) is 2.91. The molecule has 2 amide bonds. The number of nitrogens with zero attached hydrogens (tertiary/aromatic N) is 4. The summed E-state index contributed by atoms with van der Waals surface area (Å²) in [4.78, 5) is 29.9. The summed E-state index contributed by atoms with van der Waals surface area (Å²) < 4.78 is 7.02. The Morgan fingerprint density at radius 3 is 2.52 bits per heavy atom. The highest BCUT2D eigenvalue weighted by molar-refractivity contribution is 6.33. The van der Waals surface area contributed by atoms with Crippen LogP contribution in [0.3, 0.4) is 0 Å². The highest BCUT2D eigenvalue weighted by atomic mass is 35.5. The Morgan fingerprint density at radius 1 is 1.10 bits per heavy atom. The second-order valence-electron chi connectivity index (χ2n) is 8.42. The molecule has 31 heavy (non-hydrogen) atoms. The van der Waals surface area contributed by atoms with Gasteiger partial charge in [-0.05, 0) is 32.3 Å². The summed E-state index contributed by atoms with van der Waals surface area (Å²) >= 11 is 6.61. The van der Waals surface area contributed by atoms with Gasteiger partial charge in [-0.3, -0.25) is 9.59 Å². The summed E-state index contributed by atoms with van der Waals surface area (Å²) in [6.45, 7) is 7.82. The van der Waals surface area contributed by atoms with Crippen LogP contribution in [-0.2, 0) is 16.1 Å². The van der Waals surface area contributed by atoms with Crippen LogP contribution in [0.1, 0.15) is 40.0 Å². The fourth-order valence-electron chi connectivity index (χ4n) is 4.33. The fraction of sp³-hybridized carbons (Fsp3) is 0.522. The number of aryl methyl sites for hydroxylation is 2. The molecule has 2 saturated heterocycles. The number of benzene rings is 1. The molecule has 2 aliphatic heterocycles. The largest absolute Gasteiger partial charge is 0.378 e. The van der Waals surface area contributed by atoms with Gasteiger partial charge in [0, 0.05) is 26.2 Å². The van der Waals surface area contributed by atoms with E-state index < -0.39 is 0 Å². The van der Waals surface area contributed by atoms with Crippen molar-refractivity contribution in [3.8, 4) is 0 Å². The van der Waals surface area contributed by atoms with Gasteiger partial charge in [0.25, 0.3) is 5.91 Å². The van der Waals surface area contributed by atoms with Crippen LogP contribution in [-0.4, -0.2) is 70.8 Å². The fourth-order valence-corrected chi connectivity index (χ4v) is 4.65. The van der Waals surface area contributed by atoms with E-state index in [1.807, 2.05) is 43.0 Å². The van der Waals surface area contributed by atoms with Gasteiger partial charge in [-0.25, -0.2) is 4.68 Å². The maximum absolute atomic E-state index is 13.3. The van der Waals surface area contributed by atoms with Crippen molar-refractivity contribution in [2.24, 2.45) is 5.92 Å². The molecule has 1 aromatic carbocycles.